The Morgan fingerprint density at radius 1 is 0.846 bits per heavy atom. The van der Waals surface area contributed by atoms with Crippen molar-refractivity contribution in [3.05, 3.63) is 102 Å². The zero-order valence-electron chi connectivity index (χ0n) is 23.9. The molecular weight excluding hydrogens is 472 g/mol. The molecule has 0 unspecified atom stereocenters. The fourth-order valence-electron chi connectivity index (χ4n) is 6.91. The Labute approximate surface area is 230 Å². The van der Waals surface area contributed by atoms with Crippen LogP contribution in [-0.4, -0.2) is 0 Å². The van der Waals surface area contributed by atoms with Crippen LogP contribution in [0.25, 0.3) is 60.1 Å². The van der Waals surface area contributed by atoms with Gasteiger partial charge in [-0.25, -0.2) is 4.40 Å². The number of pyridine rings is 1. The van der Waals surface area contributed by atoms with Crippen molar-refractivity contribution in [3.63, 3.8) is 0 Å². The maximum atomic E-state index is 4.53. The van der Waals surface area contributed by atoms with Crippen LogP contribution in [-0.2, 0) is 6.42 Å². The normalized spacial score (nSPS) is 12.8. The molecule has 3 heterocycles. The average Bonchev–Trinajstić information content (AvgIpc) is 3.41. The van der Waals surface area contributed by atoms with Crippen molar-refractivity contribution in [1.82, 2.24) is 0 Å². The van der Waals surface area contributed by atoms with E-state index in [0.717, 1.165) is 6.42 Å². The van der Waals surface area contributed by atoms with Gasteiger partial charge in [-0.3, -0.25) is 4.24 Å². The molecule has 3 aromatic heterocycles. The van der Waals surface area contributed by atoms with E-state index in [-0.39, 0.29) is 5.41 Å². The molecular formula is C37H36N2. The molecule has 0 spiro atoms. The summed E-state index contributed by atoms with van der Waals surface area (Å²) in [6.07, 6.45) is 3.18. The van der Waals surface area contributed by atoms with Crippen molar-refractivity contribution in [3.8, 4) is 11.3 Å². The second-order valence-electron chi connectivity index (χ2n) is 12.8. The summed E-state index contributed by atoms with van der Waals surface area (Å²) in [7, 11) is 0. The first-order chi connectivity index (χ1) is 18.7. The fourth-order valence-corrected chi connectivity index (χ4v) is 6.91. The van der Waals surface area contributed by atoms with E-state index in [4.69, 9.17) is 0 Å². The van der Waals surface area contributed by atoms with Gasteiger partial charge in [0, 0.05) is 10.8 Å². The summed E-state index contributed by atoms with van der Waals surface area (Å²) in [6, 6.07) is 27.2. The summed E-state index contributed by atoms with van der Waals surface area (Å²) in [6.45, 7) is 18.4. The molecule has 0 amide bonds. The highest BCUT2D eigenvalue weighted by atomic mass is 14.9. The summed E-state index contributed by atoms with van der Waals surface area (Å²) in [5.74, 6) is 0.417. The molecule has 0 aliphatic rings. The third-order valence-corrected chi connectivity index (χ3v) is 8.55. The topological polar surface area (TPSA) is 10.0 Å². The van der Waals surface area contributed by atoms with Gasteiger partial charge in [0.1, 0.15) is 5.52 Å². The Morgan fingerprint density at radius 2 is 1.54 bits per heavy atom. The molecule has 0 aliphatic heterocycles. The summed E-state index contributed by atoms with van der Waals surface area (Å²) < 4.78 is 4.62. The van der Waals surface area contributed by atoms with Crippen molar-refractivity contribution in [2.75, 3.05) is 0 Å². The number of hydrogen-bond acceptors (Lipinski definition) is 0. The number of benzene rings is 4. The van der Waals surface area contributed by atoms with Gasteiger partial charge in [-0.2, -0.15) is 0 Å². The van der Waals surface area contributed by atoms with Crippen molar-refractivity contribution in [2.24, 2.45) is 5.41 Å². The monoisotopic (exact) mass is 508 g/mol. The van der Waals surface area contributed by atoms with Crippen molar-refractivity contribution in [2.45, 2.75) is 53.9 Å². The van der Waals surface area contributed by atoms with Gasteiger partial charge in [-0.1, -0.05) is 119 Å². The van der Waals surface area contributed by atoms with Crippen molar-refractivity contribution >= 4 is 48.9 Å². The van der Waals surface area contributed by atoms with E-state index in [2.05, 4.69) is 136 Å². The number of aromatic nitrogens is 2. The van der Waals surface area contributed by atoms with Gasteiger partial charge in [0.25, 0.3) is 0 Å². The van der Waals surface area contributed by atoms with Crippen LogP contribution in [0, 0.1) is 19.1 Å². The number of para-hydroxylation sites is 1. The molecule has 7 aromatic rings. The smallest absolute Gasteiger partial charge is 0.166 e. The molecule has 0 saturated carbocycles. The van der Waals surface area contributed by atoms with E-state index < -0.39 is 0 Å². The molecule has 2 heteroatoms. The second-order valence-corrected chi connectivity index (χ2v) is 12.8. The molecule has 0 saturated heterocycles. The fraction of sp³-hybridized carbons (Fsp3) is 0.243. The van der Waals surface area contributed by atoms with E-state index >= 15 is 0 Å². The Hall–Kier alpha value is -4.04. The lowest BCUT2D eigenvalue weighted by molar-refractivity contribution is -0.497. The lowest BCUT2D eigenvalue weighted by Crippen LogP contribution is -2.25. The Bertz CT molecular complexity index is 2130. The maximum Gasteiger partial charge on any atom is 0.166 e. The quantitative estimate of drug-likeness (QED) is 0.167. The van der Waals surface area contributed by atoms with E-state index in [1.54, 1.807) is 0 Å². The van der Waals surface area contributed by atoms with Gasteiger partial charge in [-0.15, -0.1) is 11.6 Å². The Balaban J connectivity index is 1.71. The third kappa shape index (κ3) is 3.40. The predicted molar refractivity (Wildman–Crippen MR) is 165 cm³/mol. The van der Waals surface area contributed by atoms with Gasteiger partial charge < -0.3 is 0 Å². The predicted octanol–water partition coefficient (Wildman–Crippen LogP) is 8.81. The SMILES string of the molecule is C=[n+]1ccc2c3ccc(CC(C)(C)C)c4c5ccccc5[n+](c34)[c-]2[c-]1-c1cc(C(C)C)c2ccccc2c1C. The highest BCUT2D eigenvalue weighted by molar-refractivity contribution is 6.20. The number of aryl methyl sites for hydroxylation is 1. The largest absolute Gasteiger partial charge is 0.266 e. The van der Waals surface area contributed by atoms with E-state index in [9.17, 15) is 0 Å². The Kier molecular flexibility index (Phi) is 5.07. The number of fused-ring (bicyclic) bond motifs is 7. The van der Waals surface area contributed by atoms with Crippen LogP contribution in [0.15, 0.2) is 79.0 Å². The van der Waals surface area contributed by atoms with Crippen LogP contribution in [0.3, 0.4) is 0 Å². The minimum atomic E-state index is 0.204. The van der Waals surface area contributed by atoms with Gasteiger partial charge >= 0.3 is 0 Å². The van der Waals surface area contributed by atoms with E-state index in [1.165, 1.54) is 76.8 Å². The summed E-state index contributed by atoms with van der Waals surface area (Å²) in [4.78, 5) is 0. The number of rotatable bonds is 3. The molecule has 39 heavy (non-hydrogen) atoms. The van der Waals surface area contributed by atoms with Crippen LogP contribution in [0.4, 0.5) is 0 Å². The minimum Gasteiger partial charge on any atom is -0.266 e. The molecule has 7 rings (SSSR count). The highest BCUT2D eigenvalue weighted by Crippen LogP contribution is 2.41. The van der Waals surface area contributed by atoms with Crippen molar-refractivity contribution < 1.29 is 8.64 Å². The molecule has 0 N–H and O–H groups in total. The van der Waals surface area contributed by atoms with Crippen LogP contribution in [0.5, 0.6) is 0 Å². The first kappa shape index (κ1) is 24.0. The number of hydrogen-bond donors (Lipinski definition) is 0. The summed E-state index contributed by atoms with van der Waals surface area (Å²) >= 11 is 0. The van der Waals surface area contributed by atoms with Gasteiger partial charge in [0.15, 0.2) is 16.7 Å². The second kappa shape index (κ2) is 8.23. The number of nitrogens with zero attached hydrogens (tertiary/aromatic N) is 2. The van der Waals surface area contributed by atoms with Crippen LogP contribution in [0.1, 0.15) is 57.2 Å². The highest BCUT2D eigenvalue weighted by Gasteiger charge is 2.26. The van der Waals surface area contributed by atoms with Gasteiger partial charge in [-0.05, 0) is 45.5 Å². The molecule has 0 fully saturated rings. The molecule has 194 valence electrons. The van der Waals surface area contributed by atoms with Crippen molar-refractivity contribution in [1.29, 1.82) is 0 Å². The lowest BCUT2D eigenvalue weighted by Gasteiger charge is -2.20. The molecule has 4 aromatic carbocycles. The average molecular weight is 509 g/mol. The lowest BCUT2D eigenvalue weighted by atomic mass is 9.86. The van der Waals surface area contributed by atoms with Crippen LogP contribution < -0.4 is 8.64 Å². The van der Waals surface area contributed by atoms with Gasteiger partial charge in [0.2, 0.25) is 0 Å². The maximum absolute atomic E-state index is 4.53. The molecule has 2 nitrogen and oxygen atoms in total. The zero-order valence-corrected chi connectivity index (χ0v) is 23.9. The third-order valence-electron chi connectivity index (χ3n) is 8.55. The summed E-state index contributed by atoms with van der Waals surface area (Å²) in [5, 5.41) is 8.01. The molecule has 0 atom stereocenters. The van der Waals surface area contributed by atoms with E-state index in [0.29, 0.717) is 5.92 Å². The summed E-state index contributed by atoms with van der Waals surface area (Å²) in [5.41, 5.74) is 10.6. The minimum absolute atomic E-state index is 0.204. The molecule has 0 radical (unpaired) electrons. The van der Waals surface area contributed by atoms with Crippen LogP contribution >= 0.6 is 0 Å². The first-order valence-corrected chi connectivity index (χ1v) is 14.1. The molecule has 0 bridgehead atoms. The first-order valence-electron chi connectivity index (χ1n) is 14.1. The zero-order chi connectivity index (χ0) is 27.2. The van der Waals surface area contributed by atoms with Gasteiger partial charge in [0.05, 0.1) is 12.9 Å². The Morgan fingerprint density at radius 3 is 2.26 bits per heavy atom. The van der Waals surface area contributed by atoms with E-state index in [1.807, 2.05) is 0 Å². The van der Waals surface area contributed by atoms with Crippen LogP contribution in [0.2, 0.25) is 0 Å². The molecule has 0 aliphatic carbocycles. The standard InChI is InChI=1S/C37H36N2/c1-22(2)30-20-31(23(3)25-12-8-9-13-26(25)30)35-36-28(18-19-38(35)7)27-17-16-24(21-37(4,5)6)33-29-14-10-11-15-32(29)39(36)34(27)33/h8-20,22H,7,21H2,1-6H3.